The summed E-state index contributed by atoms with van der Waals surface area (Å²) in [4.78, 5) is 10.1. The number of nitrogens with two attached hydrogens (primary N) is 1. The molecule has 0 bridgehead atoms. The second-order valence-electron chi connectivity index (χ2n) is 5.70. The summed E-state index contributed by atoms with van der Waals surface area (Å²) >= 11 is 0. The smallest absolute Gasteiger partial charge is 0.137 e. The van der Waals surface area contributed by atoms with Crippen molar-refractivity contribution >= 4 is 11.0 Å². The molecule has 3 rings (SSSR count). The lowest BCUT2D eigenvalue weighted by Crippen LogP contribution is -2.45. The number of aromatic nitrogens is 2. The van der Waals surface area contributed by atoms with Crippen LogP contribution in [-0.2, 0) is 6.54 Å². The van der Waals surface area contributed by atoms with Crippen molar-refractivity contribution in [2.24, 2.45) is 11.7 Å². The molecule has 1 saturated heterocycles. The van der Waals surface area contributed by atoms with Gasteiger partial charge in [0.15, 0.2) is 0 Å². The van der Waals surface area contributed by atoms with Crippen LogP contribution in [0.1, 0.15) is 25.3 Å². The standard InChI is InChI=1S/C15H22N4/c1-11-4-6-19(13(7-11)8-16)10-12-9-18-15-14(12)3-2-5-17-15/h2-3,5,9,11,13H,4,6-8,10,16H2,1H3,(H,17,18). The van der Waals surface area contributed by atoms with Gasteiger partial charge in [0.1, 0.15) is 5.65 Å². The first-order valence-electron chi connectivity index (χ1n) is 7.13. The molecule has 1 aliphatic rings. The number of H-pyrrole nitrogens is 1. The fourth-order valence-corrected chi connectivity index (χ4v) is 3.12. The van der Waals surface area contributed by atoms with Crippen LogP contribution in [-0.4, -0.2) is 34.0 Å². The Morgan fingerprint density at radius 3 is 3.26 bits per heavy atom. The fourth-order valence-electron chi connectivity index (χ4n) is 3.12. The number of pyridine rings is 1. The molecule has 0 aliphatic carbocycles. The van der Waals surface area contributed by atoms with E-state index in [0.29, 0.717) is 6.04 Å². The highest BCUT2D eigenvalue weighted by Gasteiger charge is 2.25. The van der Waals surface area contributed by atoms with Crippen LogP contribution in [0.4, 0.5) is 0 Å². The van der Waals surface area contributed by atoms with Gasteiger partial charge in [-0.25, -0.2) is 4.98 Å². The van der Waals surface area contributed by atoms with E-state index in [0.717, 1.165) is 31.2 Å². The van der Waals surface area contributed by atoms with E-state index in [-0.39, 0.29) is 0 Å². The average molecular weight is 258 g/mol. The Kier molecular flexibility index (Phi) is 3.53. The van der Waals surface area contributed by atoms with Gasteiger partial charge in [0.25, 0.3) is 0 Å². The van der Waals surface area contributed by atoms with E-state index in [9.17, 15) is 0 Å². The predicted molar refractivity (Wildman–Crippen MR) is 77.7 cm³/mol. The second kappa shape index (κ2) is 5.31. The fraction of sp³-hybridized carbons (Fsp3) is 0.533. The van der Waals surface area contributed by atoms with Crippen LogP contribution in [0.3, 0.4) is 0 Å². The first kappa shape index (κ1) is 12.6. The monoisotopic (exact) mass is 258 g/mol. The van der Waals surface area contributed by atoms with Gasteiger partial charge in [-0.1, -0.05) is 6.92 Å². The van der Waals surface area contributed by atoms with Crippen molar-refractivity contribution < 1.29 is 0 Å². The number of fused-ring (bicyclic) bond motifs is 1. The molecule has 0 radical (unpaired) electrons. The highest BCUT2D eigenvalue weighted by atomic mass is 15.2. The number of hydrogen-bond donors (Lipinski definition) is 2. The molecule has 102 valence electrons. The highest BCUT2D eigenvalue weighted by molar-refractivity contribution is 5.79. The van der Waals surface area contributed by atoms with Crippen molar-refractivity contribution in [2.75, 3.05) is 13.1 Å². The van der Waals surface area contributed by atoms with Crippen molar-refractivity contribution in [1.29, 1.82) is 0 Å². The van der Waals surface area contributed by atoms with E-state index >= 15 is 0 Å². The summed E-state index contributed by atoms with van der Waals surface area (Å²) in [7, 11) is 0. The molecule has 2 aromatic rings. The number of piperidine rings is 1. The normalized spacial score (nSPS) is 24.9. The Morgan fingerprint density at radius 1 is 1.53 bits per heavy atom. The van der Waals surface area contributed by atoms with Gasteiger partial charge in [-0.15, -0.1) is 0 Å². The first-order valence-corrected chi connectivity index (χ1v) is 7.13. The van der Waals surface area contributed by atoms with Crippen LogP contribution in [0, 0.1) is 5.92 Å². The Balaban J connectivity index is 1.80. The minimum absolute atomic E-state index is 0.519. The minimum Gasteiger partial charge on any atom is -0.346 e. The lowest BCUT2D eigenvalue weighted by molar-refractivity contribution is 0.115. The van der Waals surface area contributed by atoms with E-state index in [4.69, 9.17) is 5.73 Å². The Hall–Kier alpha value is -1.39. The molecule has 0 aromatic carbocycles. The minimum atomic E-state index is 0.519. The molecule has 0 spiro atoms. The van der Waals surface area contributed by atoms with E-state index in [1.165, 1.54) is 23.8 Å². The summed E-state index contributed by atoms with van der Waals surface area (Å²) in [5, 5.41) is 1.23. The SMILES string of the molecule is CC1CCN(Cc2c[nH]c3ncccc23)C(CN)C1. The third-order valence-corrected chi connectivity index (χ3v) is 4.28. The maximum absolute atomic E-state index is 5.94. The third-order valence-electron chi connectivity index (χ3n) is 4.28. The summed E-state index contributed by atoms with van der Waals surface area (Å²) in [5.41, 5.74) is 8.24. The maximum atomic E-state index is 5.94. The van der Waals surface area contributed by atoms with Crippen molar-refractivity contribution in [3.63, 3.8) is 0 Å². The Morgan fingerprint density at radius 2 is 2.42 bits per heavy atom. The third kappa shape index (κ3) is 2.51. The van der Waals surface area contributed by atoms with Crippen LogP contribution in [0.25, 0.3) is 11.0 Å². The summed E-state index contributed by atoms with van der Waals surface area (Å²) in [6.07, 6.45) is 6.41. The van der Waals surface area contributed by atoms with Crippen molar-refractivity contribution in [3.8, 4) is 0 Å². The molecule has 0 amide bonds. The van der Waals surface area contributed by atoms with Crippen LogP contribution in [0.15, 0.2) is 24.5 Å². The molecule has 19 heavy (non-hydrogen) atoms. The van der Waals surface area contributed by atoms with Gasteiger partial charge in [0.05, 0.1) is 0 Å². The summed E-state index contributed by atoms with van der Waals surface area (Å²) < 4.78 is 0. The Labute approximate surface area is 114 Å². The number of nitrogens with one attached hydrogen (secondary N) is 1. The van der Waals surface area contributed by atoms with Gasteiger partial charge in [-0.3, -0.25) is 4.90 Å². The second-order valence-corrected chi connectivity index (χ2v) is 5.70. The molecule has 1 fully saturated rings. The molecule has 2 atom stereocenters. The number of rotatable bonds is 3. The number of nitrogens with zero attached hydrogens (tertiary/aromatic N) is 2. The molecule has 3 N–H and O–H groups in total. The van der Waals surface area contributed by atoms with Gasteiger partial charge in [0, 0.05) is 36.9 Å². The maximum Gasteiger partial charge on any atom is 0.137 e. The lowest BCUT2D eigenvalue weighted by atomic mass is 9.92. The van der Waals surface area contributed by atoms with E-state index in [1.807, 2.05) is 12.3 Å². The van der Waals surface area contributed by atoms with Crippen LogP contribution >= 0.6 is 0 Å². The molecule has 4 nitrogen and oxygen atoms in total. The topological polar surface area (TPSA) is 57.9 Å². The zero-order valence-corrected chi connectivity index (χ0v) is 11.5. The molecule has 2 unspecified atom stereocenters. The highest BCUT2D eigenvalue weighted by Crippen LogP contribution is 2.25. The molecule has 1 aliphatic heterocycles. The summed E-state index contributed by atoms with van der Waals surface area (Å²) in [5.74, 6) is 0.800. The zero-order chi connectivity index (χ0) is 13.2. The van der Waals surface area contributed by atoms with Gasteiger partial charge in [-0.2, -0.15) is 0 Å². The van der Waals surface area contributed by atoms with Crippen LogP contribution < -0.4 is 5.73 Å². The van der Waals surface area contributed by atoms with Gasteiger partial charge < -0.3 is 10.7 Å². The molecule has 3 heterocycles. The van der Waals surface area contributed by atoms with Crippen LogP contribution in [0.5, 0.6) is 0 Å². The Bertz CT molecular complexity index is 548. The number of hydrogen-bond acceptors (Lipinski definition) is 3. The summed E-state index contributed by atoms with van der Waals surface area (Å²) in [6.45, 7) is 5.21. The van der Waals surface area contributed by atoms with Gasteiger partial charge >= 0.3 is 0 Å². The van der Waals surface area contributed by atoms with E-state index in [2.05, 4.69) is 34.1 Å². The van der Waals surface area contributed by atoms with Crippen molar-refractivity contribution in [3.05, 3.63) is 30.1 Å². The largest absolute Gasteiger partial charge is 0.346 e. The number of likely N-dealkylation sites (tertiary alicyclic amines) is 1. The molecular weight excluding hydrogens is 236 g/mol. The molecular formula is C15H22N4. The van der Waals surface area contributed by atoms with Crippen molar-refractivity contribution in [2.45, 2.75) is 32.4 Å². The number of aromatic amines is 1. The van der Waals surface area contributed by atoms with Crippen LogP contribution in [0.2, 0.25) is 0 Å². The van der Waals surface area contributed by atoms with Gasteiger partial charge in [-0.05, 0) is 43.0 Å². The van der Waals surface area contributed by atoms with E-state index in [1.54, 1.807) is 0 Å². The summed E-state index contributed by atoms with van der Waals surface area (Å²) in [6, 6.07) is 4.65. The van der Waals surface area contributed by atoms with E-state index < -0.39 is 0 Å². The predicted octanol–water partition coefficient (Wildman–Crippen LogP) is 2.12. The molecule has 4 heteroatoms. The lowest BCUT2D eigenvalue weighted by Gasteiger charge is -2.37. The first-order chi connectivity index (χ1) is 9.28. The quantitative estimate of drug-likeness (QED) is 0.886. The average Bonchev–Trinajstić information content (AvgIpc) is 2.84. The zero-order valence-electron chi connectivity index (χ0n) is 11.5. The van der Waals surface area contributed by atoms with Gasteiger partial charge in [0.2, 0.25) is 0 Å². The molecule has 0 saturated carbocycles. The van der Waals surface area contributed by atoms with Crippen molar-refractivity contribution in [1.82, 2.24) is 14.9 Å². The molecule has 2 aromatic heterocycles.